The highest BCUT2D eigenvalue weighted by molar-refractivity contribution is 7.09. The van der Waals surface area contributed by atoms with Crippen LogP contribution in [0, 0.1) is 0 Å². The summed E-state index contributed by atoms with van der Waals surface area (Å²) in [6.45, 7) is 6.77. The lowest BCUT2D eigenvalue weighted by Gasteiger charge is -2.26. The van der Waals surface area contributed by atoms with Gasteiger partial charge in [0.05, 0.1) is 18.9 Å². The molecule has 0 spiro atoms. The Morgan fingerprint density at radius 3 is 2.81 bits per heavy atom. The van der Waals surface area contributed by atoms with Gasteiger partial charge < -0.3 is 10.1 Å². The minimum Gasteiger partial charge on any atom is -0.379 e. The topological polar surface area (TPSA) is 37.4 Å². The molecule has 1 aliphatic heterocycles. The van der Waals surface area contributed by atoms with E-state index in [1.807, 2.05) is 6.07 Å². The number of ether oxygens (including phenoxy) is 1. The molecular formula is C16H21N3OS. The minimum absolute atomic E-state index is 0.849. The molecule has 0 amide bonds. The Balaban J connectivity index is 1.42. The third-order valence-electron chi connectivity index (χ3n) is 3.61. The van der Waals surface area contributed by atoms with Crippen molar-refractivity contribution in [2.45, 2.75) is 6.54 Å². The Kier molecular flexibility index (Phi) is 5.34. The maximum Gasteiger partial charge on any atom is 0.107 e. The zero-order chi connectivity index (χ0) is 14.3. The van der Waals surface area contributed by atoms with Crippen LogP contribution in [0.5, 0.6) is 0 Å². The Bertz CT molecular complexity index is 537. The van der Waals surface area contributed by atoms with E-state index in [-0.39, 0.29) is 0 Å². The largest absolute Gasteiger partial charge is 0.379 e. The highest BCUT2D eigenvalue weighted by Crippen LogP contribution is 2.21. The summed E-state index contributed by atoms with van der Waals surface area (Å²) in [5.74, 6) is 0. The number of rotatable bonds is 6. The molecule has 5 heteroatoms. The summed E-state index contributed by atoms with van der Waals surface area (Å²) in [4.78, 5) is 7.13. The van der Waals surface area contributed by atoms with E-state index in [0.717, 1.165) is 56.6 Å². The van der Waals surface area contributed by atoms with Crippen molar-refractivity contribution in [3.63, 3.8) is 0 Å². The van der Waals surface area contributed by atoms with E-state index in [2.05, 4.69) is 44.8 Å². The van der Waals surface area contributed by atoms with E-state index < -0.39 is 0 Å². The molecule has 0 unspecified atom stereocenters. The smallest absolute Gasteiger partial charge is 0.107 e. The minimum atomic E-state index is 0.849. The molecule has 0 radical (unpaired) electrons. The Labute approximate surface area is 129 Å². The van der Waals surface area contributed by atoms with Crippen molar-refractivity contribution in [2.75, 3.05) is 39.4 Å². The SMILES string of the molecule is c1ccc(-c2csc(CNCCN3CCOCC3)n2)cc1. The number of nitrogens with zero attached hydrogens (tertiary/aromatic N) is 2. The Morgan fingerprint density at radius 2 is 2.00 bits per heavy atom. The first-order valence-corrected chi connectivity index (χ1v) is 8.30. The monoisotopic (exact) mass is 303 g/mol. The molecule has 1 fully saturated rings. The summed E-state index contributed by atoms with van der Waals surface area (Å²) in [5, 5.41) is 6.76. The van der Waals surface area contributed by atoms with E-state index in [1.54, 1.807) is 11.3 Å². The van der Waals surface area contributed by atoms with Crippen LogP contribution in [0.3, 0.4) is 0 Å². The van der Waals surface area contributed by atoms with Gasteiger partial charge in [0.1, 0.15) is 5.01 Å². The van der Waals surface area contributed by atoms with Crippen molar-refractivity contribution in [3.05, 3.63) is 40.7 Å². The maximum absolute atomic E-state index is 5.35. The highest BCUT2D eigenvalue weighted by Gasteiger charge is 2.09. The summed E-state index contributed by atoms with van der Waals surface area (Å²) >= 11 is 1.72. The predicted octanol–water partition coefficient (Wildman–Crippen LogP) is 2.23. The van der Waals surface area contributed by atoms with Crippen molar-refractivity contribution < 1.29 is 4.74 Å². The number of thiazole rings is 1. The lowest BCUT2D eigenvalue weighted by Crippen LogP contribution is -2.40. The van der Waals surface area contributed by atoms with Crippen LogP contribution in [-0.2, 0) is 11.3 Å². The predicted molar refractivity (Wildman–Crippen MR) is 86.5 cm³/mol. The molecule has 3 rings (SSSR count). The van der Waals surface area contributed by atoms with Crippen LogP contribution in [0.2, 0.25) is 0 Å². The molecule has 2 aromatic rings. The number of hydrogen-bond donors (Lipinski definition) is 1. The van der Waals surface area contributed by atoms with E-state index in [0.29, 0.717) is 0 Å². The average molecular weight is 303 g/mol. The molecule has 1 saturated heterocycles. The summed E-state index contributed by atoms with van der Waals surface area (Å²) in [7, 11) is 0. The second-order valence-corrected chi connectivity index (χ2v) is 6.07. The second-order valence-electron chi connectivity index (χ2n) is 5.12. The summed E-state index contributed by atoms with van der Waals surface area (Å²) < 4.78 is 5.35. The van der Waals surface area contributed by atoms with Crippen LogP contribution in [0.25, 0.3) is 11.3 Å². The van der Waals surface area contributed by atoms with Crippen LogP contribution in [0.15, 0.2) is 35.7 Å². The molecule has 1 N–H and O–H groups in total. The molecule has 1 aromatic carbocycles. The van der Waals surface area contributed by atoms with Gasteiger partial charge in [-0.1, -0.05) is 30.3 Å². The third kappa shape index (κ3) is 4.35. The zero-order valence-electron chi connectivity index (χ0n) is 12.1. The van der Waals surface area contributed by atoms with Crippen molar-refractivity contribution in [1.29, 1.82) is 0 Å². The lowest BCUT2D eigenvalue weighted by atomic mass is 10.2. The maximum atomic E-state index is 5.35. The molecule has 2 heterocycles. The van der Waals surface area contributed by atoms with E-state index in [1.165, 1.54) is 5.56 Å². The van der Waals surface area contributed by atoms with Gasteiger partial charge in [-0.25, -0.2) is 4.98 Å². The van der Waals surface area contributed by atoms with Gasteiger partial charge in [-0.05, 0) is 0 Å². The quantitative estimate of drug-likeness (QED) is 0.831. The first kappa shape index (κ1) is 14.7. The van der Waals surface area contributed by atoms with Crippen LogP contribution in [0.1, 0.15) is 5.01 Å². The fraction of sp³-hybridized carbons (Fsp3) is 0.438. The summed E-state index contributed by atoms with van der Waals surface area (Å²) in [6.07, 6.45) is 0. The third-order valence-corrected chi connectivity index (χ3v) is 4.45. The number of nitrogens with one attached hydrogen (secondary N) is 1. The van der Waals surface area contributed by atoms with Gasteiger partial charge in [0, 0.05) is 43.7 Å². The standard InChI is InChI=1S/C16H21N3OS/c1-2-4-14(5-3-1)15-13-21-16(18-15)12-17-6-7-19-8-10-20-11-9-19/h1-5,13,17H,6-12H2. The molecule has 0 bridgehead atoms. The number of morpholine rings is 1. The summed E-state index contributed by atoms with van der Waals surface area (Å²) in [5.41, 5.74) is 2.26. The van der Waals surface area contributed by atoms with Crippen LogP contribution < -0.4 is 5.32 Å². The number of hydrogen-bond acceptors (Lipinski definition) is 5. The lowest BCUT2D eigenvalue weighted by molar-refractivity contribution is 0.0384. The van der Waals surface area contributed by atoms with Gasteiger partial charge >= 0.3 is 0 Å². The van der Waals surface area contributed by atoms with Gasteiger partial charge in [0.2, 0.25) is 0 Å². The van der Waals surface area contributed by atoms with Gasteiger partial charge in [-0.3, -0.25) is 4.90 Å². The number of aromatic nitrogens is 1. The van der Waals surface area contributed by atoms with Crippen LogP contribution in [0.4, 0.5) is 0 Å². The zero-order valence-corrected chi connectivity index (χ0v) is 12.9. The first-order valence-electron chi connectivity index (χ1n) is 7.42. The number of benzene rings is 1. The Morgan fingerprint density at radius 1 is 1.19 bits per heavy atom. The van der Waals surface area contributed by atoms with Crippen molar-refractivity contribution in [2.24, 2.45) is 0 Å². The second kappa shape index (κ2) is 7.66. The van der Waals surface area contributed by atoms with Crippen molar-refractivity contribution in [3.8, 4) is 11.3 Å². The van der Waals surface area contributed by atoms with Gasteiger partial charge in [-0.2, -0.15) is 0 Å². The average Bonchev–Trinajstić information content (AvgIpc) is 3.02. The van der Waals surface area contributed by atoms with Gasteiger partial charge in [0.25, 0.3) is 0 Å². The Hall–Kier alpha value is -1.27. The highest BCUT2D eigenvalue weighted by atomic mass is 32.1. The van der Waals surface area contributed by atoms with E-state index in [4.69, 9.17) is 4.74 Å². The molecule has 0 saturated carbocycles. The molecular weight excluding hydrogens is 282 g/mol. The van der Waals surface area contributed by atoms with Crippen LogP contribution in [-0.4, -0.2) is 49.3 Å². The fourth-order valence-corrected chi connectivity index (χ4v) is 3.16. The molecule has 0 aliphatic carbocycles. The van der Waals surface area contributed by atoms with E-state index in [9.17, 15) is 0 Å². The molecule has 1 aromatic heterocycles. The normalized spacial score (nSPS) is 16.2. The first-order chi connectivity index (χ1) is 10.4. The van der Waals surface area contributed by atoms with E-state index >= 15 is 0 Å². The molecule has 0 atom stereocenters. The van der Waals surface area contributed by atoms with Crippen LogP contribution >= 0.6 is 11.3 Å². The van der Waals surface area contributed by atoms with Crippen molar-refractivity contribution in [1.82, 2.24) is 15.2 Å². The van der Waals surface area contributed by atoms with Crippen molar-refractivity contribution >= 4 is 11.3 Å². The molecule has 21 heavy (non-hydrogen) atoms. The fourth-order valence-electron chi connectivity index (χ4n) is 2.39. The molecule has 112 valence electrons. The molecule has 1 aliphatic rings. The van der Waals surface area contributed by atoms with Gasteiger partial charge in [0.15, 0.2) is 0 Å². The molecule has 4 nitrogen and oxygen atoms in total. The summed E-state index contributed by atoms with van der Waals surface area (Å²) in [6, 6.07) is 10.3. The van der Waals surface area contributed by atoms with Gasteiger partial charge in [-0.15, -0.1) is 11.3 Å².